The van der Waals surface area contributed by atoms with Gasteiger partial charge in [0.25, 0.3) is 5.91 Å². The van der Waals surface area contributed by atoms with E-state index in [0.717, 1.165) is 31.6 Å². The van der Waals surface area contributed by atoms with Gasteiger partial charge in [0.05, 0.1) is 5.69 Å². The molecule has 0 atom stereocenters. The smallest absolute Gasteiger partial charge is 0.272 e. The van der Waals surface area contributed by atoms with E-state index in [1.54, 1.807) is 19.0 Å². The van der Waals surface area contributed by atoms with Gasteiger partial charge >= 0.3 is 0 Å². The lowest BCUT2D eigenvalue weighted by Gasteiger charge is -2.33. The monoisotopic (exact) mass is 262 g/mol. The van der Waals surface area contributed by atoms with Gasteiger partial charge in [-0.2, -0.15) is 0 Å². The van der Waals surface area contributed by atoms with Gasteiger partial charge in [0.2, 0.25) is 0 Å². The molecular formula is C14H22N4O. The van der Waals surface area contributed by atoms with Crippen LogP contribution in [0.25, 0.3) is 0 Å². The number of hydrogen-bond donors (Lipinski definition) is 1. The molecule has 1 fully saturated rings. The highest BCUT2D eigenvalue weighted by Gasteiger charge is 2.31. The summed E-state index contributed by atoms with van der Waals surface area (Å²) < 4.78 is 0. The van der Waals surface area contributed by atoms with E-state index >= 15 is 0 Å². The Balaban J connectivity index is 2.38. The summed E-state index contributed by atoms with van der Waals surface area (Å²) >= 11 is 0. The zero-order valence-corrected chi connectivity index (χ0v) is 12.2. The van der Waals surface area contributed by atoms with Crippen molar-refractivity contribution in [1.29, 1.82) is 0 Å². The molecule has 5 nitrogen and oxygen atoms in total. The molecule has 1 aliphatic heterocycles. The van der Waals surface area contributed by atoms with Crippen LogP contribution in [0.15, 0.2) is 6.07 Å². The molecular weight excluding hydrogens is 240 g/mol. The summed E-state index contributed by atoms with van der Waals surface area (Å²) in [5.41, 5.74) is 1.53. The maximum Gasteiger partial charge on any atom is 0.272 e. The van der Waals surface area contributed by atoms with Crippen molar-refractivity contribution in [3.8, 4) is 0 Å². The molecule has 1 amide bonds. The van der Waals surface area contributed by atoms with Gasteiger partial charge in [0.1, 0.15) is 11.5 Å². The zero-order chi connectivity index (χ0) is 14.0. The fourth-order valence-electron chi connectivity index (χ4n) is 2.45. The Labute approximate surface area is 114 Å². The number of carbonyl (C=O) groups excluding carboxylic acids is 1. The summed E-state index contributed by atoms with van der Waals surface area (Å²) in [6.07, 6.45) is 2.08. The number of carbonyl (C=O) groups is 1. The molecule has 2 heterocycles. The van der Waals surface area contributed by atoms with Crippen LogP contribution in [-0.2, 0) is 5.41 Å². The van der Waals surface area contributed by atoms with Crippen molar-refractivity contribution in [3.63, 3.8) is 0 Å². The zero-order valence-electron chi connectivity index (χ0n) is 12.2. The first-order valence-electron chi connectivity index (χ1n) is 6.71. The van der Waals surface area contributed by atoms with Gasteiger partial charge in [0, 0.05) is 19.5 Å². The molecule has 1 saturated heterocycles. The molecule has 0 unspecified atom stereocenters. The Hall–Kier alpha value is -1.49. The minimum absolute atomic E-state index is 0.0420. The van der Waals surface area contributed by atoms with E-state index < -0.39 is 0 Å². The molecule has 0 bridgehead atoms. The van der Waals surface area contributed by atoms with Gasteiger partial charge in [-0.1, -0.05) is 6.92 Å². The molecule has 1 N–H and O–H groups in total. The van der Waals surface area contributed by atoms with Crippen molar-refractivity contribution in [3.05, 3.63) is 23.3 Å². The number of hydrogen-bond acceptors (Lipinski definition) is 4. The first-order chi connectivity index (χ1) is 8.92. The predicted molar refractivity (Wildman–Crippen MR) is 74.2 cm³/mol. The Kier molecular flexibility index (Phi) is 3.85. The SMILES string of the molecule is Cc1nc(C(=O)N(C)C)cc(C2(C)CCNCC2)n1. The van der Waals surface area contributed by atoms with Gasteiger partial charge < -0.3 is 10.2 Å². The Morgan fingerprint density at radius 1 is 1.32 bits per heavy atom. The van der Waals surface area contributed by atoms with E-state index in [0.29, 0.717) is 11.5 Å². The predicted octanol–water partition coefficient (Wildman–Crippen LogP) is 1.13. The van der Waals surface area contributed by atoms with Gasteiger partial charge in [0.15, 0.2) is 0 Å². The second kappa shape index (κ2) is 5.25. The fraction of sp³-hybridized carbons (Fsp3) is 0.643. The van der Waals surface area contributed by atoms with Gasteiger partial charge in [-0.25, -0.2) is 9.97 Å². The quantitative estimate of drug-likeness (QED) is 0.868. The highest BCUT2D eigenvalue weighted by Crippen LogP contribution is 2.31. The van der Waals surface area contributed by atoms with Crippen LogP contribution in [0.1, 0.15) is 41.8 Å². The van der Waals surface area contributed by atoms with Crippen LogP contribution in [0.4, 0.5) is 0 Å². The molecule has 0 aromatic carbocycles. The number of aromatic nitrogens is 2. The lowest BCUT2D eigenvalue weighted by Crippen LogP contribution is -2.38. The van der Waals surface area contributed by atoms with Crippen LogP contribution < -0.4 is 5.32 Å². The van der Waals surface area contributed by atoms with Crippen LogP contribution in [-0.4, -0.2) is 48.0 Å². The van der Waals surface area contributed by atoms with Gasteiger partial charge in [-0.05, 0) is 38.9 Å². The van der Waals surface area contributed by atoms with Crippen LogP contribution in [0.3, 0.4) is 0 Å². The third-order valence-corrected chi connectivity index (χ3v) is 3.79. The van der Waals surface area contributed by atoms with Crippen LogP contribution >= 0.6 is 0 Å². The average Bonchev–Trinajstić information content (AvgIpc) is 2.38. The normalized spacial score (nSPS) is 18.1. The summed E-state index contributed by atoms with van der Waals surface area (Å²) in [5, 5.41) is 3.36. The third-order valence-electron chi connectivity index (χ3n) is 3.79. The summed E-state index contributed by atoms with van der Waals surface area (Å²) in [4.78, 5) is 22.4. The first kappa shape index (κ1) is 13.9. The minimum Gasteiger partial charge on any atom is -0.343 e. The number of aryl methyl sites for hydroxylation is 1. The summed E-state index contributed by atoms with van der Waals surface area (Å²) in [5.74, 6) is 0.603. The van der Waals surface area contributed by atoms with E-state index in [9.17, 15) is 4.79 Å². The maximum atomic E-state index is 12.1. The number of amides is 1. The molecule has 19 heavy (non-hydrogen) atoms. The van der Waals surface area contributed by atoms with E-state index in [-0.39, 0.29) is 11.3 Å². The van der Waals surface area contributed by atoms with E-state index in [4.69, 9.17) is 0 Å². The molecule has 0 aliphatic carbocycles. The largest absolute Gasteiger partial charge is 0.343 e. The number of nitrogens with one attached hydrogen (secondary N) is 1. The highest BCUT2D eigenvalue weighted by molar-refractivity contribution is 5.92. The summed E-state index contributed by atoms with van der Waals surface area (Å²) in [7, 11) is 3.48. The van der Waals surface area contributed by atoms with E-state index in [1.807, 2.05) is 13.0 Å². The number of nitrogens with zero attached hydrogens (tertiary/aromatic N) is 3. The van der Waals surface area contributed by atoms with Gasteiger partial charge in [-0.15, -0.1) is 0 Å². The maximum absolute atomic E-state index is 12.1. The standard InChI is InChI=1S/C14H22N4O/c1-10-16-11(13(19)18(3)4)9-12(17-10)14(2)5-7-15-8-6-14/h9,15H,5-8H2,1-4H3. The van der Waals surface area contributed by atoms with E-state index in [2.05, 4.69) is 22.2 Å². The first-order valence-corrected chi connectivity index (χ1v) is 6.71. The van der Waals surface area contributed by atoms with Crippen molar-refractivity contribution in [2.75, 3.05) is 27.2 Å². The van der Waals surface area contributed by atoms with Crippen LogP contribution in [0, 0.1) is 6.92 Å². The topological polar surface area (TPSA) is 58.1 Å². The molecule has 1 aromatic rings. The molecule has 1 aromatic heterocycles. The number of rotatable bonds is 2. The fourth-order valence-corrected chi connectivity index (χ4v) is 2.45. The summed E-state index contributed by atoms with van der Waals surface area (Å²) in [6, 6.07) is 1.86. The molecule has 104 valence electrons. The minimum atomic E-state index is -0.0655. The van der Waals surface area contributed by atoms with Crippen molar-refractivity contribution in [1.82, 2.24) is 20.2 Å². The Morgan fingerprint density at radius 2 is 1.95 bits per heavy atom. The van der Waals surface area contributed by atoms with Crippen molar-refractivity contribution >= 4 is 5.91 Å². The van der Waals surface area contributed by atoms with Gasteiger partial charge in [-0.3, -0.25) is 4.79 Å². The van der Waals surface area contributed by atoms with Crippen molar-refractivity contribution in [2.24, 2.45) is 0 Å². The van der Waals surface area contributed by atoms with E-state index in [1.165, 1.54) is 0 Å². The van der Waals surface area contributed by atoms with Crippen molar-refractivity contribution in [2.45, 2.75) is 32.1 Å². The lowest BCUT2D eigenvalue weighted by atomic mass is 9.77. The second-order valence-corrected chi connectivity index (χ2v) is 5.70. The highest BCUT2D eigenvalue weighted by atomic mass is 16.2. The number of piperidine rings is 1. The third kappa shape index (κ3) is 2.92. The lowest BCUT2D eigenvalue weighted by molar-refractivity contribution is 0.0821. The van der Waals surface area contributed by atoms with Crippen LogP contribution in [0.5, 0.6) is 0 Å². The Morgan fingerprint density at radius 3 is 2.53 bits per heavy atom. The molecule has 0 saturated carbocycles. The average molecular weight is 262 g/mol. The Bertz CT molecular complexity index is 478. The molecule has 0 radical (unpaired) electrons. The second-order valence-electron chi connectivity index (χ2n) is 5.70. The molecule has 5 heteroatoms. The van der Waals surface area contributed by atoms with Crippen LogP contribution in [0.2, 0.25) is 0 Å². The molecule has 2 rings (SSSR count). The molecule has 1 aliphatic rings. The van der Waals surface area contributed by atoms with Crippen molar-refractivity contribution < 1.29 is 4.79 Å². The molecule has 0 spiro atoms. The summed E-state index contributed by atoms with van der Waals surface area (Å²) in [6.45, 7) is 6.06.